The fourth-order valence-corrected chi connectivity index (χ4v) is 2.44. The van der Waals surface area contributed by atoms with Crippen LogP contribution in [-0.2, 0) is 15.1 Å². The molecular formula is C14H16N4O4. The third-order valence-corrected chi connectivity index (χ3v) is 3.84. The summed E-state index contributed by atoms with van der Waals surface area (Å²) in [5.74, 6) is 3.26. The van der Waals surface area contributed by atoms with Gasteiger partial charge in [0.05, 0.1) is 6.21 Å². The Morgan fingerprint density at radius 1 is 1.36 bits per heavy atom. The van der Waals surface area contributed by atoms with Gasteiger partial charge < -0.3 is 15.8 Å². The van der Waals surface area contributed by atoms with E-state index in [2.05, 4.69) is 5.10 Å². The number of carbonyl (C=O) groups excluding carboxylic acids is 2. The standard InChI is InChI=1S/C14H16N4O4/c1-14(10-5-3-9(4-6-10)7-16-15)12(21)18(8-11(19)20)13(22)17(14)2/h3-7H,8,15H2,1-2H3,(H,19,20)/t14-/m0/s1. The third kappa shape index (κ3) is 2.28. The predicted octanol–water partition coefficient (Wildman–Crippen LogP) is 0.173. The maximum absolute atomic E-state index is 12.5. The minimum atomic E-state index is -1.25. The Labute approximate surface area is 126 Å². The highest BCUT2D eigenvalue weighted by molar-refractivity contribution is 6.08. The van der Waals surface area contributed by atoms with Crippen molar-refractivity contribution in [2.75, 3.05) is 13.6 Å². The molecule has 0 unspecified atom stereocenters. The molecule has 1 aromatic rings. The fourth-order valence-electron chi connectivity index (χ4n) is 2.44. The molecule has 3 amide bonds. The van der Waals surface area contributed by atoms with Crippen molar-refractivity contribution in [3.8, 4) is 0 Å². The molecule has 2 rings (SSSR count). The van der Waals surface area contributed by atoms with Crippen LogP contribution in [0.25, 0.3) is 0 Å². The number of carbonyl (C=O) groups is 3. The first-order valence-corrected chi connectivity index (χ1v) is 6.47. The molecule has 1 atom stereocenters. The van der Waals surface area contributed by atoms with Crippen molar-refractivity contribution in [2.24, 2.45) is 10.9 Å². The Kier molecular flexibility index (Phi) is 3.85. The molecular weight excluding hydrogens is 288 g/mol. The largest absolute Gasteiger partial charge is 0.480 e. The number of aliphatic carboxylic acids is 1. The number of hydrogen-bond donors (Lipinski definition) is 2. The van der Waals surface area contributed by atoms with Crippen molar-refractivity contribution < 1.29 is 19.5 Å². The SMILES string of the molecule is CN1C(=O)N(CC(=O)O)C(=O)[C@]1(C)c1ccc(C=NN)cc1. The maximum atomic E-state index is 12.5. The monoisotopic (exact) mass is 304 g/mol. The summed E-state index contributed by atoms with van der Waals surface area (Å²) in [6.07, 6.45) is 1.45. The molecule has 1 saturated heterocycles. The number of amides is 3. The van der Waals surface area contributed by atoms with E-state index in [-0.39, 0.29) is 0 Å². The van der Waals surface area contributed by atoms with E-state index in [1.54, 1.807) is 31.2 Å². The van der Waals surface area contributed by atoms with Crippen molar-refractivity contribution in [2.45, 2.75) is 12.5 Å². The highest BCUT2D eigenvalue weighted by atomic mass is 16.4. The van der Waals surface area contributed by atoms with Crippen LogP contribution in [0, 0.1) is 0 Å². The summed E-state index contributed by atoms with van der Waals surface area (Å²) in [6, 6.07) is 6.15. The topological polar surface area (TPSA) is 116 Å². The summed E-state index contributed by atoms with van der Waals surface area (Å²) < 4.78 is 0. The van der Waals surface area contributed by atoms with Gasteiger partial charge in [0, 0.05) is 7.05 Å². The zero-order valence-corrected chi connectivity index (χ0v) is 12.2. The molecule has 0 saturated carbocycles. The Bertz CT molecular complexity index is 655. The molecule has 0 spiro atoms. The number of nitrogens with two attached hydrogens (primary N) is 1. The first-order chi connectivity index (χ1) is 10.3. The lowest BCUT2D eigenvalue weighted by molar-refractivity contribution is -0.143. The summed E-state index contributed by atoms with van der Waals surface area (Å²) in [6.45, 7) is 0.927. The zero-order valence-electron chi connectivity index (χ0n) is 12.2. The molecule has 1 fully saturated rings. The van der Waals surface area contributed by atoms with Gasteiger partial charge in [-0.15, -0.1) is 0 Å². The molecule has 3 N–H and O–H groups in total. The van der Waals surface area contributed by atoms with Gasteiger partial charge in [0.2, 0.25) is 0 Å². The van der Waals surface area contributed by atoms with Crippen LogP contribution in [0.1, 0.15) is 18.1 Å². The van der Waals surface area contributed by atoms with Crippen LogP contribution in [0.5, 0.6) is 0 Å². The second-order valence-corrected chi connectivity index (χ2v) is 5.10. The number of hydrogen-bond acceptors (Lipinski definition) is 5. The third-order valence-electron chi connectivity index (χ3n) is 3.84. The number of urea groups is 1. The zero-order chi connectivity index (χ0) is 16.5. The summed E-state index contributed by atoms with van der Waals surface area (Å²) in [5.41, 5.74) is 0.0809. The van der Waals surface area contributed by atoms with Gasteiger partial charge in [0.25, 0.3) is 5.91 Å². The number of carboxylic acids is 1. The lowest BCUT2D eigenvalue weighted by Crippen LogP contribution is -2.42. The molecule has 0 radical (unpaired) electrons. The first kappa shape index (κ1) is 15.5. The molecule has 0 aromatic heterocycles. The van der Waals surface area contributed by atoms with Gasteiger partial charge in [-0.1, -0.05) is 24.3 Å². The first-order valence-electron chi connectivity index (χ1n) is 6.47. The highest BCUT2D eigenvalue weighted by Crippen LogP contribution is 2.35. The Balaban J connectivity index is 2.41. The van der Waals surface area contributed by atoms with Crippen LogP contribution < -0.4 is 5.84 Å². The maximum Gasteiger partial charge on any atom is 0.328 e. The van der Waals surface area contributed by atoms with Crippen molar-refractivity contribution in [3.05, 3.63) is 35.4 Å². The average Bonchev–Trinajstić information content (AvgIpc) is 2.64. The molecule has 22 heavy (non-hydrogen) atoms. The molecule has 116 valence electrons. The van der Waals surface area contributed by atoms with Crippen LogP contribution >= 0.6 is 0 Å². The number of nitrogens with zero attached hydrogens (tertiary/aromatic N) is 3. The molecule has 1 aromatic carbocycles. The van der Waals surface area contributed by atoms with Gasteiger partial charge in [0.1, 0.15) is 12.1 Å². The van der Waals surface area contributed by atoms with E-state index >= 15 is 0 Å². The van der Waals surface area contributed by atoms with E-state index < -0.39 is 30.0 Å². The minimum absolute atomic E-state index is 0.567. The minimum Gasteiger partial charge on any atom is -0.480 e. The number of imide groups is 1. The molecule has 0 bridgehead atoms. The molecule has 1 aliphatic rings. The van der Waals surface area contributed by atoms with E-state index in [0.29, 0.717) is 5.56 Å². The van der Waals surface area contributed by atoms with Crippen molar-refractivity contribution in [1.29, 1.82) is 0 Å². The van der Waals surface area contributed by atoms with E-state index in [1.165, 1.54) is 18.2 Å². The molecule has 8 heteroatoms. The van der Waals surface area contributed by atoms with Gasteiger partial charge in [-0.05, 0) is 18.1 Å². The van der Waals surface area contributed by atoms with Crippen LogP contribution in [0.15, 0.2) is 29.4 Å². The number of rotatable bonds is 4. The van der Waals surface area contributed by atoms with Gasteiger partial charge in [-0.2, -0.15) is 5.10 Å². The van der Waals surface area contributed by atoms with Crippen LogP contribution in [-0.4, -0.2) is 52.6 Å². The van der Waals surface area contributed by atoms with Gasteiger partial charge in [-0.25, -0.2) is 4.79 Å². The Morgan fingerprint density at radius 3 is 2.45 bits per heavy atom. The number of benzene rings is 1. The molecule has 1 aliphatic heterocycles. The quantitative estimate of drug-likeness (QED) is 0.356. The van der Waals surface area contributed by atoms with Crippen LogP contribution in [0.2, 0.25) is 0 Å². The molecule has 0 aliphatic carbocycles. The van der Waals surface area contributed by atoms with Crippen molar-refractivity contribution in [1.82, 2.24) is 9.80 Å². The second-order valence-electron chi connectivity index (χ2n) is 5.10. The summed E-state index contributed by atoms with van der Waals surface area (Å²) >= 11 is 0. The van der Waals surface area contributed by atoms with Crippen molar-refractivity contribution in [3.63, 3.8) is 0 Å². The van der Waals surface area contributed by atoms with Gasteiger partial charge >= 0.3 is 12.0 Å². The second kappa shape index (κ2) is 5.47. The summed E-state index contributed by atoms with van der Waals surface area (Å²) in [5, 5.41) is 12.2. The normalized spacial score (nSPS) is 21.9. The fraction of sp³-hybridized carbons (Fsp3) is 0.286. The number of hydrazone groups is 1. The summed E-state index contributed by atoms with van der Waals surface area (Å²) in [4.78, 5) is 37.5. The average molecular weight is 304 g/mol. The Hall–Kier alpha value is -2.90. The van der Waals surface area contributed by atoms with Gasteiger partial charge in [-0.3, -0.25) is 14.5 Å². The molecule has 1 heterocycles. The smallest absolute Gasteiger partial charge is 0.328 e. The van der Waals surface area contributed by atoms with E-state index in [9.17, 15) is 14.4 Å². The summed E-state index contributed by atoms with van der Waals surface area (Å²) in [7, 11) is 1.47. The van der Waals surface area contributed by atoms with Crippen LogP contribution in [0.4, 0.5) is 4.79 Å². The van der Waals surface area contributed by atoms with E-state index in [4.69, 9.17) is 10.9 Å². The predicted molar refractivity (Wildman–Crippen MR) is 78.1 cm³/mol. The number of carboxylic acid groups (broad SMARTS) is 1. The lowest BCUT2D eigenvalue weighted by atomic mass is 9.90. The van der Waals surface area contributed by atoms with Crippen LogP contribution in [0.3, 0.4) is 0 Å². The molecule has 8 nitrogen and oxygen atoms in total. The number of likely N-dealkylation sites (N-methyl/N-ethyl adjacent to an activating group) is 1. The van der Waals surface area contributed by atoms with Gasteiger partial charge in [0.15, 0.2) is 0 Å². The highest BCUT2D eigenvalue weighted by Gasteiger charge is 2.53. The van der Waals surface area contributed by atoms with E-state index in [1.807, 2.05) is 0 Å². The van der Waals surface area contributed by atoms with E-state index in [0.717, 1.165) is 10.5 Å². The van der Waals surface area contributed by atoms with Crippen molar-refractivity contribution >= 4 is 24.1 Å². The lowest BCUT2D eigenvalue weighted by Gasteiger charge is -2.29. The Morgan fingerprint density at radius 2 is 1.95 bits per heavy atom.